The molecule has 1 aliphatic rings. The van der Waals surface area contributed by atoms with Crippen molar-refractivity contribution in [2.45, 2.75) is 19.0 Å². The molecule has 182 valence electrons. The molecule has 0 saturated heterocycles. The Kier molecular flexibility index (Phi) is 6.07. The molecule has 0 amide bonds. The van der Waals surface area contributed by atoms with Crippen LogP contribution in [0.3, 0.4) is 0 Å². The van der Waals surface area contributed by atoms with Gasteiger partial charge in [0.2, 0.25) is 0 Å². The normalized spacial score (nSPS) is 13.3. The fourth-order valence-electron chi connectivity index (χ4n) is 5.48. The Balaban J connectivity index is 1.55. The Morgan fingerprint density at radius 1 is 0.730 bits per heavy atom. The molecule has 37 heavy (non-hydrogen) atoms. The molecule has 0 bridgehead atoms. The highest BCUT2D eigenvalue weighted by atomic mass is 16.5. The van der Waals surface area contributed by atoms with Crippen LogP contribution < -0.4 is 0 Å². The van der Waals surface area contributed by atoms with Gasteiger partial charge in [-0.3, -0.25) is 0 Å². The molecule has 0 spiro atoms. The van der Waals surface area contributed by atoms with Crippen LogP contribution in [0.1, 0.15) is 28.1 Å². The fraction of sp³-hybridized carbons (Fsp3) is 0.121. The minimum Gasteiger partial charge on any atom is -0.361 e. The summed E-state index contributed by atoms with van der Waals surface area (Å²) in [6.07, 6.45) is 4.38. The van der Waals surface area contributed by atoms with Crippen LogP contribution in [0.15, 0.2) is 138 Å². The van der Waals surface area contributed by atoms with Crippen molar-refractivity contribution >= 4 is 0 Å². The number of benzene rings is 4. The van der Waals surface area contributed by atoms with E-state index in [1.807, 2.05) is 13.0 Å². The predicted octanol–water partition coefficient (Wildman–Crippen LogP) is 7.19. The topological polar surface area (TPSA) is 32.5 Å². The van der Waals surface area contributed by atoms with Crippen LogP contribution in [-0.2, 0) is 12.1 Å². The Morgan fingerprint density at radius 2 is 1.32 bits per heavy atom. The van der Waals surface area contributed by atoms with Crippen LogP contribution in [0.5, 0.6) is 0 Å². The molecular formula is C33H29N3O. The summed E-state index contributed by atoms with van der Waals surface area (Å²) >= 11 is 0. The highest BCUT2D eigenvalue weighted by molar-refractivity contribution is 5.72. The molecule has 4 aromatic carbocycles. The van der Waals surface area contributed by atoms with Gasteiger partial charge in [-0.05, 0) is 34.7 Å². The van der Waals surface area contributed by atoms with Crippen LogP contribution in [0.2, 0.25) is 0 Å². The van der Waals surface area contributed by atoms with Crippen molar-refractivity contribution in [3.05, 3.63) is 162 Å². The third-order valence-electron chi connectivity index (χ3n) is 7.05. The van der Waals surface area contributed by atoms with Crippen LogP contribution in [0.25, 0.3) is 11.1 Å². The average molecular weight is 484 g/mol. The van der Waals surface area contributed by atoms with Gasteiger partial charge in [-0.25, -0.2) is 0 Å². The third kappa shape index (κ3) is 4.21. The largest absolute Gasteiger partial charge is 0.361 e. The second-order valence-corrected chi connectivity index (χ2v) is 9.44. The van der Waals surface area contributed by atoms with E-state index < -0.39 is 5.54 Å². The van der Waals surface area contributed by atoms with Crippen molar-refractivity contribution in [1.82, 2.24) is 15.0 Å². The molecule has 6 rings (SSSR count). The SMILES string of the molecule is Cc1cc(CN2C=CN(C(c3ccccc3)(c3ccccc3)c3ccccc3-c3ccccc3)C2)no1. The van der Waals surface area contributed by atoms with Crippen molar-refractivity contribution in [3.8, 4) is 11.1 Å². The summed E-state index contributed by atoms with van der Waals surface area (Å²) < 4.78 is 5.33. The average Bonchev–Trinajstić information content (AvgIpc) is 3.60. The summed E-state index contributed by atoms with van der Waals surface area (Å²) in [5.41, 5.74) is 6.46. The second kappa shape index (κ2) is 9.82. The lowest BCUT2D eigenvalue weighted by Crippen LogP contribution is -2.46. The molecule has 0 saturated carbocycles. The number of nitrogens with zero attached hydrogens (tertiary/aromatic N) is 3. The first-order valence-corrected chi connectivity index (χ1v) is 12.6. The van der Waals surface area contributed by atoms with E-state index in [1.165, 1.54) is 27.8 Å². The zero-order valence-electron chi connectivity index (χ0n) is 20.9. The van der Waals surface area contributed by atoms with Gasteiger partial charge in [-0.15, -0.1) is 0 Å². The van der Waals surface area contributed by atoms with Gasteiger partial charge >= 0.3 is 0 Å². The predicted molar refractivity (Wildman–Crippen MR) is 147 cm³/mol. The third-order valence-corrected chi connectivity index (χ3v) is 7.05. The van der Waals surface area contributed by atoms with E-state index in [9.17, 15) is 0 Å². The molecule has 5 aromatic rings. The maximum Gasteiger partial charge on any atom is 0.133 e. The minimum atomic E-state index is -0.556. The lowest BCUT2D eigenvalue weighted by Gasteiger charge is -2.45. The van der Waals surface area contributed by atoms with Crippen LogP contribution in [0.4, 0.5) is 0 Å². The molecule has 0 atom stereocenters. The number of aryl methyl sites for hydroxylation is 1. The Labute approximate surface area is 218 Å². The first-order chi connectivity index (χ1) is 18.2. The number of aromatic nitrogens is 1. The maximum absolute atomic E-state index is 5.33. The maximum atomic E-state index is 5.33. The van der Waals surface area contributed by atoms with Crippen molar-refractivity contribution in [1.29, 1.82) is 0 Å². The standard InChI is InChI=1S/C33H29N3O/c1-26-23-30(34-37-26)24-35-21-22-36(25-35)33(28-15-7-3-8-16-28,29-17-9-4-10-18-29)32-20-12-11-19-31(32)27-13-5-2-6-14-27/h2-23H,24-25H2,1H3. The van der Waals surface area contributed by atoms with E-state index in [4.69, 9.17) is 4.52 Å². The zero-order chi connectivity index (χ0) is 25.1. The van der Waals surface area contributed by atoms with E-state index in [0.29, 0.717) is 13.2 Å². The summed E-state index contributed by atoms with van der Waals surface area (Å²) in [6.45, 7) is 3.32. The summed E-state index contributed by atoms with van der Waals surface area (Å²) in [4.78, 5) is 4.73. The Bertz CT molecular complexity index is 1450. The van der Waals surface area contributed by atoms with Crippen molar-refractivity contribution in [2.24, 2.45) is 0 Å². The molecule has 0 N–H and O–H groups in total. The van der Waals surface area contributed by atoms with E-state index >= 15 is 0 Å². The van der Waals surface area contributed by atoms with Gasteiger partial charge in [-0.1, -0.05) is 120 Å². The van der Waals surface area contributed by atoms with Gasteiger partial charge < -0.3 is 14.3 Å². The highest BCUT2D eigenvalue weighted by Gasteiger charge is 2.44. The van der Waals surface area contributed by atoms with E-state index in [-0.39, 0.29) is 0 Å². The molecule has 4 heteroatoms. The molecule has 0 radical (unpaired) electrons. The molecule has 2 heterocycles. The van der Waals surface area contributed by atoms with Gasteiger partial charge in [0.1, 0.15) is 17.0 Å². The summed E-state index contributed by atoms with van der Waals surface area (Å²) in [5.74, 6) is 0.828. The van der Waals surface area contributed by atoms with Crippen molar-refractivity contribution in [2.75, 3.05) is 6.67 Å². The zero-order valence-corrected chi connectivity index (χ0v) is 20.9. The highest BCUT2D eigenvalue weighted by Crippen LogP contribution is 2.47. The van der Waals surface area contributed by atoms with Crippen molar-refractivity contribution < 1.29 is 4.52 Å². The summed E-state index contributed by atoms with van der Waals surface area (Å²) in [6, 6.07) is 43.1. The van der Waals surface area contributed by atoms with E-state index in [1.54, 1.807) is 0 Å². The fourth-order valence-corrected chi connectivity index (χ4v) is 5.48. The lowest BCUT2D eigenvalue weighted by molar-refractivity contribution is 0.174. The van der Waals surface area contributed by atoms with Crippen LogP contribution >= 0.6 is 0 Å². The van der Waals surface area contributed by atoms with Crippen molar-refractivity contribution in [3.63, 3.8) is 0 Å². The molecule has 4 nitrogen and oxygen atoms in total. The Hall–Kier alpha value is -4.57. The Morgan fingerprint density at radius 3 is 1.95 bits per heavy atom. The van der Waals surface area contributed by atoms with Gasteiger partial charge in [0.15, 0.2) is 0 Å². The van der Waals surface area contributed by atoms with E-state index in [0.717, 1.165) is 11.5 Å². The molecule has 1 aromatic heterocycles. The summed E-state index contributed by atoms with van der Waals surface area (Å²) in [7, 11) is 0. The van der Waals surface area contributed by atoms with Gasteiger partial charge in [0, 0.05) is 18.5 Å². The monoisotopic (exact) mass is 483 g/mol. The smallest absolute Gasteiger partial charge is 0.133 e. The molecule has 0 fully saturated rings. The van der Waals surface area contributed by atoms with Gasteiger partial charge in [0.25, 0.3) is 0 Å². The molecular weight excluding hydrogens is 454 g/mol. The van der Waals surface area contributed by atoms with Gasteiger partial charge in [-0.2, -0.15) is 0 Å². The number of hydrogen-bond acceptors (Lipinski definition) is 4. The van der Waals surface area contributed by atoms with E-state index in [2.05, 4.69) is 143 Å². The molecule has 0 aliphatic carbocycles. The first-order valence-electron chi connectivity index (χ1n) is 12.6. The van der Waals surface area contributed by atoms with Crippen LogP contribution in [0, 0.1) is 6.92 Å². The summed E-state index contributed by atoms with van der Waals surface area (Å²) in [5, 5.41) is 4.23. The molecule has 0 unspecified atom stereocenters. The van der Waals surface area contributed by atoms with Crippen LogP contribution in [-0.4, -0.2) is 21.6 Å². The number of rotatable bonds is 7. The molecule has 1 aliphatic heterocycles. The first kappa shape index (κ1) is 22.9. The van der Waals surface area contributed by atoms with Gasteiger partial charge in [0.05, 0.1) is 13.2 Å². The second-order valence-electron chi connectivity index (χ2n) is 9.44. The minimum absolute atomic E-state index is 0.556. The number of hydrogen-bond donors (Lipinski definition) is 0. The quantitative estimate of drug-likeness (QED) is 0.229. The lowest BCUT2D eigenvalue weighted by atomic mass is 9.73.